The molecule has 188 valence electrons. The molecule has 10 heteroatoms. The Balaban J connectivity index is 1.70. The van der Waals surface area contributed by atoms with Crippen molar-refractivity contribution in [3.05, 3.63) is 71.1 Å². The second-order valence-electron chi connectivity index (χ2n) is 7.60. The molecule has 0 aliphatic rings. The molecule has 0 fully saturated rings. The van der Waals surface area contributed by atoms with Crippen LogP contribution in [0, 0.1) is 12.7 Å². The first-order valence-corrected chi connectivity index (χ1v) is 11.1. The van der Waals surface area contributed by atoms with E-state index in [1.54, 1.807) is 25.1 Å². The first-order chi connectivity index (χ1) is 17.1. The van der Waals surface area contributed by atoms with Gasteiger partial charge in [0.2, 0.25) is 0 Å². The number of hydrogen-bond donors (Lipinski definition) is 0. The molecule has 5 nitrogen and oxygen atoms in total. The number of methoxy groups -OCH3 is 1. The van der Waals surface area contributed by atoms with E-state index in [0.717, 1.165) is 12.1 Å². The van der Waals surface area contributed by atoms with Crippen LogP contribution in [0.2, 0.25) is 5.02 Å². The van der Waals surface area contributed by atoms with E-state index in [1.807, 2.05) is 6.92 Å². The van der Waals surface area contributed by atoms with Crippen LogP contribution in [0.3, 0.4) is 0 Å². The summed E-state index contributed by atoms with van der Waals surface area (Å²) in [6.07, 6.45) is -4.80. The summed E-state index contributed by atoms with van der Waals surface area (Å²) in [7, 11) is 1.50. The van der Waals surface area contributed by atoms with Crippen LogP contribution >= 0.6 is 11.6 Å². The van der Waals surface area contributed by atoms with Crippen LogP contribution in [0.1, 0.15) is 12.6 Å². The van der Waals surface area contributed by atoms with Gasteiger partial charge >= 0.3 is 6.36 Å². The predicted octanol–water partition coefficient (Wildman–Crippen LogP) is 8.10. The zero-order chi connectivity index (χ0) is 26.0. The van der Waals surface area contributed by atoms with Crippen molar-refractivity contribution in [2.45, 2.75) is 20.2 Å². The van der Waals surface area contributed by atoms with E-state index in [1.165, 1.54) is 31.4 Å². The van der Waals surface area contributed by atoms with Crippen LogP contribution in [-0.2, 0) is 0 Å². The van der Waals surface area contributed by atoms with Gasteiger partial charge in [-0.2, -0.15) is 0 Å². The number of pyridine rings is 1. The lowest BCUT2D eigenvalue weighted by atomic mass is 9.99. The van der Waals surface area contributed by atoms with E-state index in [2.05, 4.69) is 9.72 Å². The van der Waals surface area contributed by atoms with E-state index in [0.29, 0.717) is 45.3 Å². The molecular weight excluding hydrogens is 502 g/mol. The molecule has 0 aliphatic carbocycles. The van der Waals surface area contributed by atoms with Gasteiger partial charge in [0.25, 0.3) is 0 Å². The van der Waals surface area contributed by atoms with Crippen LogP contribution in [0.15, 0.2) is 54.6 Å². The van der Waals surface area contributed by atoms with Crippen LogP contribution in [0.25, 0.3) is 22.0 Å². The van der Waals surface area contributed by atoms with Gasteiger partial charge in [0.15, 0.2) is 0 Å². The van der Waals surface area contributed by atoms with Crippen LogP contribution in [0.4, 0.5) is 17.6 Å². The van der Waals surface area contributed by atoms with Crippen molar-refractivity contribution in [1.29, 1.82) is 0 Å². The highest BCUT2D eigenvalue weighted by atomic mass is 35.5. The number of benzene rings is 3. The average Bonchev–Trinajstić information content (AvgIpc) is 2.81. The Kier molecular flexibility index (Phi) is 7.12. The lowest BCUT2D eigenvalue weighted by molar-refractivity contribution is -0.274. The Hall–Kier alpha value is -3.72. The maximum absolute atomic E-state index is 15.3. The molecule has 3 aromatic carbocycles. The predicted molar refractivity (Wildman–Crippen MR) is 128 cm³/mol. The van der Waals surface area contributed by atoms with Gasteiger partial charge in [-0.25, -0.2) is 4.39 Å². The Bertz CT molecular complexity index is 1410. The van der Waals surface area contributed by atoms with Gasteiger partial charge in [0.1, 0.15) is 34.6 Å². The topological polar surface area (TPSA) is 49.8 Å². The zero-order valence-electron chi connectivity index (χ0n) is 19.4. The van der Waals surface area contributed by atoms with Crippen molar-refractivity contribution >= 4 is 22.5 Å². The number of aromatic nitrogens is 1. The molecule has 0 amide bonds. The van der Waals surface area contributed by atoms with Crippen LogP contribution in [-0.4, -0.2) is 25.1 Å². The Morgan fingerprint density at radius 3 is 2.22 bits per heavy atom. The number of aryl methyl sites for hydroxylation is 1. The summed E-state index contributed by atoms with van der Waals surface area (Å²) < 4.78 is 73.0. The number of nitrogens with zero attached hydrogens (tertiary/aromatic N) is 1. The fraction of sp³-hybridized carbons (Fsp3) is 0.192. The number of hydrogen-bond acceptors (Lipinski definition) is 5. The van der Waals surface area contributed by atoms with Crippen molar-refractivity contribution in [1.82, 2.24) is 4.98 Å². The van der Waals surface area contributed by atoms with Crippen LogP contribution < -0.4 is 18.9 Å². The third-order valence-corrected chi connectivity index (χ3v) is 5.48. The highest BCUT2D eigenvalue weighted by Gasteiger charge is 2.31. The van der Waals surface area contributed by atoms with Gasteiger partial charge < -0.3 is 18.9 Å². The van der Waals surface area contributed by atoms with E-state index in [-0.39, 0.29) is 17.1 Å². The highest BCUT2D eigenvalue weighted by Crippen LogP contribution is 2.43. The molecule has 0 unspecified atom stereocenters. The Labute approximate surface area is 209 Å². The maximum Gasteiger partial charge on any atom is 0.573 e. The molecule has 1 aromatic heterocycles. The van der Waals surface area contributed by atoms with Crippen molar-refractivity contribution in [2.75, 3.05) is 13.7 Å². The average molecular weight is 522 g/mol. The number of alkyl halides is 3. The van der Waals surface area contributed by atoms with Crippen molar-refractivity contribution in [3.8, 4) is 39.9 Å². The molecular formula is C26H20ClF4NO4. The largest absolute Gasteiger partial charge is 0.573 e. The van der Waals surface area contributed by atoms with E-state index in [9.17, 15) is 13.2 Å². The molecule has 0 bridgehead atoms. The quantitative estimate of drug-likeness (QED) is 0.230. The molecule has 0 atom stereocenters. The number of ether oxygens (including phenoxy) is 4. The number of halogens is 5. The van der Waals surface area contributed by atoms with Gasteiger partial charge in [0, 0.05) is 34.3 Å². The maximum atomic E-state index is 15.3. The molecule has 0 radical (unpaired) electrons. The highest BCUT2D eigenvalue weighted by molar-refractivity contribution is 6.33. The SMILES string of the molecule is CCOc1c(-c2ccc(Oc3ccc(OC(F)(F)F)cc3)cc2F)c(C)nc2cc(OC)c(Cl)cc12. The van der Waals surface area contributed by atoms with Crippen molar-refractivity contribution in [3.63, 3.8) is 0 Å². The minimum absolute atomic E-state index is 0.151. The van der Waals surface area contributed by atoms with Crippen molar-refractivity contribution < 1.29 is 36.5 Å². The monoisotopic (exact) mass is 521 g/mol. The van der Waals surface area contributed by atoms with Crippen LogP contribution in [0.5, 0.6) is 28.7 Å². The molecule has 4 rings (SSSR count). The summed E-state index contributed by atoms with van der Waals surface area (Å²) in [5, 5.41) is 0.961. The van der Waals surface area contributed by atoms with Gasteiger partial charge in [0.05, 0.1) is 24.3 Å². The number of fused-ring (bicyclic) bond motifs is 1. The second kappa shape index (κ2) is 10.1. The summed E-state index contributed by atoms with van der Waals surface area (Å²) in [6.45, 7) is 3.88. The van der Waals surface area contributed by atoms with Gasteiger partial charge in [-0.3, -0.25) is 4.98 Å². The summed E-state index contributed by atoms with van der Waals surface area (Å²) in [6, 6.07) is 12.4. The minimum atomic E-state index is -4.80. The van der Waals surface area contributed by atoms with E-state index >= 15 is 4.39 Å². The molecule has 36 heavy (non-hydrogen) atoms. The lowest BCUT2D eigenvalue weighted by Gasteiger charge is -2.18. The van der Waals surface area contributed by atoms with Gasteiger partial charge in [-0.05, 0) is 56.3 Å². The molecule has 0 saturated heterocycles. The normalized spacial score (nSPS) is 11.4. The molecule has 0 spiro atoms. The molecule has 4 aromatic rings. The Morgan fingerprint density at radius 2 is 1.61 bits per heavy atom. The third kappa shape index (κ3) is 5.41. The third-order valence-electron chi connectivity index (χ3n) is 5.18. The van der Waals surface area contributed by atoms with Gasteiger partial charge in [-0.15, -0.1) is 13.2 Å². The first-order valence-electron chi connectivity index (χ1n) is 10.7. The number of rotatable bonds is 7. The van der Waals surface area contributed by atoms with Gasteiger partial charge in [-0.1, -0.05) is 11.6 Å². The lowest BCUT2D eigenvalue weighted by Crippen LogP contribution is -2.16. The smallest absolute Gasteiger partial charge is 0.495 e. The zero-order valence-corrected chi connectivity index (χ0v) is 20.1. The van der Waals surface area contributed by atoms with Crippen molar-refractivity contribution in [2.24, 2.45) is 0 Å². The summed E-state index contributed by atoms with van der Waals surface area (Å²) >= 11 is 6.32. The molecule has 1 heterocycles. The summed E-state index contributed by atoms with van der Waals surface area (Å²) in [5.74, 6) is 0.247. The minimum Gasteiger partial charge on any atom is -0.495 e. The molecule has 0 N–H and O–H groups in total. The molecule has 0 aliphatic heterocycles. The second-order valence-corrected chi connectivity index (χ2v) is 8.01. The Morgan fingerprint density at radius 1 is 0.944 bits per heavy atom. The summed E-state index contributed by atoms with van der Waals surface area (Å²) in [4.78, 5) is 4.60. The van der Waals surface area contributed by atoms with E-state index < -0.39 is 17.9 Å². The fourth-order valence-electron chi connectivity index (χ4n) is 3.73. The first kappa shape index (κ1) is 25.4. The standard InChI is InChI=1S/C26H20ClF4NO4/c1-4-34-25-19-12-20(27)23(33-3)13-22(19)32-14(2)24(25)18-10-9-17(11-21(18)28)35-15-5-7-16(8-6-15)36-26(29,30)31/h5-13H,4H2,1-3H3. The fourth-order valence-corrected chi connectivity index (χ4v) is 3.97. The summed E-state index contributed by atoms with van der Waals surface area (Å²) in [5.41, 5.74) is 1.81. The molecule has 0 saturated carbocycles. The van der Waals surface area contributed by atoms with E-state index in [4.69, 9.17) is 25.8 Å².